The van der Waals surface area contributed by atoms with Crippen LogP contribution in [0.4, 0.5) is 0 Å². The molecular formula is C10H16O3. The van der Waals surface area contributed by atoms with Gasteiger partial charge in [0.2, 0.25) is 0 Å². The van der Waals surface area contributed by atoms with Crippen LogP contribution in [0.3, 0.4) is 0 Å². The molecule has 2 fully saturated rings. The van der Waals surface area contributed by atoms with E-state index in [1.54, 1.807) is 0 Å². The number of rotatable bonds is 3. The maximum Gasteiger partial charge on any atom is 0.166 e. The Kier molecular flexibility index (Phi) is 2.65. The maximum atomic E-state index is 11.6. The second-order valence-electron chi connectivity index (χ2n) is 4.10. The second-order valence-corrected chi connectivity index (χ2v) is 4.10. The first kappa shape index (κ1) is 9.16. The van der Waals surface area contributed by atoms with Gasteiger partial charge in [-0.2, -0.15) is 0 Å². The Morgan fingerprint density at radius 1 is 1.38 bits per heavy atom. The minimum atomic E-state index is -0.702. The summed E-state index contributed by atoms with van der Waals surface area (Å²) in [5.74, 6) is 0.237. The third kappa shape index (κ3) is 2.09. The number of carbonyl (C=O) groups is 1. The molecule has 2 aliphatic rings. The van der Waals surface area contributed by atoms with E-state index in [0.717, 1.165) is 32.3 Å². The molecule has 0 aromatic carbocycles. The molecule has 0 aromatic rings. The van der Waals surface area contributed by atoms with Gasteiger partial charge in [-0.15, -0.1) is 0 Å². The third-order valence-corrected chi connectivity index (χ3v) is 2.92. The van der Waals surface area contributed by atoms with Crippen molar-refractivity contribution in [2.45, 2.75) is 31.8 Å². The molecule has 0 radical (unpaired) electrons. The van der Waals surface area contributed by atoms with E-state index in [0.29, 0.717) is 6.61 Å². The lowest BCUT2D eigenvalue weighted by Gasteiger charge is -2.22. The number of ketones is 1. The minimum Gasteiger partial charge on any atom is -0.385 e. The van der Waals surface area contributed by atoms with Crippen LogP contribution in [0.1, 0.15) is 25.7 Å². The Bertz CT molecular complexity index is 192. The fraction of sp³-hybridized carbons (Fsp3) is 0.900. The van der Waals surface area contributed by atoms with Crippen LogP contribution >= 0.6 is 0 Å². The molecule has 1 saturated carbocycles. The summed E-state index contributed by atoms with van der Waals surface area (Å²) in [4.78, 5) is 11.6. The average molecular weight is 184 g/mol. The zero-order chi connectivity index (χ0) is 9.26. The van der Waals surface area contributed by atoms with Crippen LogP contribution in [0, 0.1) is 11.8 Å². The van der Waals surface area contributed by atoms with Crippen LogP contribution in [-0.2, 0) is 9.53 Å². The van der Waals surface area contributed by atoms with Crippen LogP contribution < -0.4 is 0 Å². The van der Waals surface area contributed by atoms with Crippen molar-refractivity contribution >= 4 is 5.78 Å². The van der Waals surface area contributed by atoms with Gasteiger partial charge in [0.25, 0.3) is 0 Å². The first-order chi connectivity index (χ1) is 6.29. The third-order valence-electron chi connectivity index (χ3n) is 2.92. The van der Waals surface area contributed by atoms with Crippen LogP contribution in [0.15, 0.2) is 0 Å². The van der Waals surface area contributed by atoms with Gasteiger partial charge >= 0.3 is 0 Å². The van der Waals surface area contributed by atoms with Gasteiger partial charge in [0.05, 0.1) is 6.61 Å². The van der Waals surface area contributed by atoms with Crippen molar-refractivity contribution in [3.8, 4) is 0 Å². The van der Waals surface area contributed by atoms with E-state index in [9.17, 15) is 9.90 Å². The molecule has 74 valence electrons. The Morgan fingerprint density at radius 2 is 2.15 bits per heavy atom. The highest BCUT2D eigenvalue weighted by Crippen LogP contribution is 2.34. The van der Waals surface area contributed by atoms with Crippen molar-refractivity contribution in [1.82, 2.24) is 0 Å². The molecule has 3 heteroatoms. The van der Waals surface area contributed by atoms with Crippen molar-refractivity contribution in [3.63, 3.8) is 0 Å². The Labute approximate surface area is 78.1 Å². The number of Topliss-reactive ketones (excluding diaryl/α,β-unsaturated/α-hetero) is 1. The van der Waals surface area contributed by atoms with Crippen molar-refractivity contribution in [1.29, 1.82) is 0 Å². The van der Waals surface area contributed by atoms with Gasteiger partial charge in [-0.05, 0) is 31.6 Å². The maximum absolute atomic E-state index is 11.6. The van der Waals surface area contributed by atoms with Gasteiger partial charge in [-0.1, -0.05) is 0 Å². The fourth-order valence-electron chi connectivity index (χ4n) is 1.85. The number of aliphatic hydroxyl groups is 1. The van der Waals surface area contributed by atoms with Gasteiger partial charge < -0.3 is 9.84 Å². The highest BCUT2D eigenvalue weighted by atomic mass is 16.5. The Morgan fingerprint density at radius 3 is 2.69 bits per heavy atom. The molecule has 0 aromatic heterocycles. The number of hydrogen-bond acceptors (Lipinski definition) is 3. The van der Waals surface area contributed by atoms with Gasteiger partial charge in [0.1, 0.15) is 6.10 Å². The normalized spacial score (nSPS) is 31.3. The van der Waals surface area contributed by atoms with Gasteiger partial charge in [-0.25, -0.2) is 0 Å². The molecule has 0 bridgehead atoms. The molecule has 3 nitrogen and oxygen atoms in total. The Hall–Kier alpha value is -0.410. The smallest absolute Gasteiger partial charge is 0.166 e. The lowest BCUT2D eigenvalue weighted by atomic mass is 9.92. The molecule has 1 aliphatic carbocycles. The number of ether oxygens (including phenoxy) is 1. The van der Waals surface area contributed by atoms with Crippen molar-refractivity contribution < 1.29 is 14.6 Å². The molecule has 0 spiro atoms. The second kappa shape index (κ2) is 3.76. The molecule has 0 amide bonds. The van der Waals surface area contributed by atoms with E-state index < -0.39 is 6.10 Å². The fourth-order valence-corrected chi connectivity index (χ4v) is 1.85. The average Bonchev–Trinajstić information content (AvgIpc) is 3.00. The summed E-state index contributed by atoms with van der Waals surface area (Å²) < 4.78 is 5.22. The zero-order valence-electron chi connectivity index (χ0n) is 7.74. The summed E-state index contributed by atoms with van der Waals surface area (Å²) in [6.07, 6.45) is 3.17. The lowest BCUT2D eigenvalue weighted by molar-refractivity contribution is -0.136. The van der Waals surface area contributed by atoms with Gasteiger partial charge in [-0.3, -0.25) is 4.79 Å². The molecule has 1 heterocycles. The number of hydrogen-bond donors (Lipinski definition) is 1. The molecule has 2 rings (SSSR count). The predicted molar refractivity (Wildman–Crippen MR) is 47.3 cm³/mol. The number of aliphatic hydroxyl groups excluding tert-OH is 1. The predicted octanol–water partition coefficient (Wildman–Crippen LogP) is 0.753. The van der Waals surface area contributed by atoms with E-state index >= 15 is 0 Å². The lowest BCUT2D eigenvalue weighted by Crippen LogP contribution is -2.34. The highest BCUT2D eigenvalue weighted by Gasteiger charge is 2.37. The monoisotopic (exact) mass is 184 g/mol. The van der Waals surface area contributed by atoms with Crippen molar-refractivity contribution in [3.05, 3.63) is 0 Å². The zero-order valence-corrected chi connectivity index (χ0v) is 7.74. The molecule has 2 atom stereocenters. The summed E-state index contributed by atoms with van der Waals surface area (Å²) in [6.45, 7) is 1.28. The summed E-state index contributed by atoms with van der Waals surface area (Å²) in [5.41, 5.74) is 0. The standard InChI is InChI=1S/C10H16O3/c11-9(7-3-4-7)10(12)8-2-1-5-13-6-8/h7-9,11H,1-6H2. The van der Waals surface area contributed by atoms with E-state index in [1.807, 2.05) is 0 Å². The van der Waals surface area contributed by atoms with Gasteiger partial charge in [0, 0.05) is 12.5 Å². The minimum absolute atomic E-state index is 0.0159. The summed E-state index contributed by atoms with van der Waals surface area (Å²) in [5, 5.41) is 9.60. The van der Waals surface area contributed by atoms with Crippen LogP contribution in [0.2, 0.25) is 0 Å². The van der Waals surface area contributed by atoms with Gasteiger partial charge in [0.15, 0.2) is 5.78 Å². The van der Waals surface area contributed by atoms with Crippen LogP contribution in [-0.4, -0.2) is 30.2 Å². The van der Waals surface area contributed by atoms with Crippen LogP contribution in [0.5, 0.6) is 0 Å². The van der Waals surface area contributed by atoms with E-state index in [1.165, 1.54) is 0 Å². The largest absolute Gasteiger partial charge is 0.385 e. The molecule has 2 unspecified atom stereocenters. The summed E-state index contributed by atoms with van der Waals surface area (Å²) in [6, 6.07) is 0. The van der Waals surface area contributed by atoms with E-state index in [-0.39, 0.29) is 17.6 Å². The topological polar surface area (TPSA) is 46.5 Å². The SMILES string of the molecule is O=C(C1CCCOC1)C(O)C1CC1. The summed E-state index contributed by atoms with van der Waals surface area (Å²) >= 11 is 0. The molecular weight excluding hydrogens is 168 g/mol. The molecule has 13 heavy (non-hydrogen) atoms. The van der Waals surface area contributed by atoms with E-state index in [2.05, 4.69) is 0 Å². The first-order valence-corrected chi connectivity index (χ1v) is 5.08. The van der Waals surface area contributed by atoms with E-state index in [4.69, 9.17) is 4.74 Å². The number of carbonyl (C=O) groups excluding carboxylic acids is 1. The van der Waals surface area contributed by atoms with Crippen molar-refractivity contribution in [2.75, 3.05) is 13.2 Å². The first-order valence-electron chi connectivity index (χ1n) is 5.08. The Balaban J connectivity index is 1.86. The molecule has 1 N–H and O–H groups in total. The molecule has 1 aliphatic heterocycles. The quantitative estimate of drug-likeness (QED) is 0.704. The van der Waals surface area contributed by atoms with Crippen LogP contribution in [0.25, 0.3) is 0 Å². The van der Waals surface area contributed by atoms with Crippen molar-refractivity contribution in [2.24, 2.45) is 11.8 Å². The highest BCUT2D eigenvalue weighted by molar-refractivity contribution is 5.86. The summed E-state index contributed by atoms with van der Waals surface area (Å²) in [7, 11) is 0. The molecule has 1 saturated heterocycles.